The number of esters is 1. The van der Waals surface area contributed by atoms with E-state index in [1.165, 1.54) is 25.3 Å². The standard InChI is InChI=1S/C13H14ClF3O5/c1-20-12(19)10-3-2-9(4-11(10)14)22-6-8(18)5-21-7-13(15,16)17/h2-4,8,18H,5-7H2,1H3. The van der Waals surface area contributed by atoms with Crippen molar-refractivity contribution < 1.29 is 37.3 Å². The molecule has 0 heterocycles. The molecule has 0 aliphatic heterocycles. The Bertz CT molecular complexity index is 507. The maximum atomic E-state index is 11.8. The first-order valence-corrected chi connectivity index (χ1v) is 6.44. The van der Waals surface area contributed by atoms with Crippen LogP contribution in [0, 0.1) is 0 Å². The van der Waals surface area contributed by atoms with Crippen molar-refractivity contribution in [3.8, 4) is 5.75 Å². The summed E-state index contributed by atoms with van der Waals surface area (Å²) in [5.74, 6) is -0.371. The number of hydrogen-bond acceptors (Lipinski definition) is 5. The fourth-order valence-corrected chi connectivity index (χ4v) is 1.66. The first-order valence-electron chi connectivity index (χ1n) is 6.06. The molecule has 0 radical (unpaired) electrons. The van der Waals surface area contributed by atoms with Gasteiger partial charge in [0.1, 0.15) is 25.1 Å². The van der Waals surface area contributed by atoms with Crippen LogP contribution in [0.15, 0.2) is 18.2 Å². The van der Waals surface area contributed by atoms with Crippen LogP contribution in [-0.2, 0) is 9.47 Å². The number of carbonyl (C=O) groups excluding carboxylic acids is 1. The van der Waals surface area contributed by atoms with Gasteiger partial charge in [-0.05, 0) is 18.2 Å². The highest BCUT2D eigenvalue weighted by Gasteiger charge is 2.27. The molecule has 1 aromatic rings. The van der Waals surface area contributed by atoms with Crippen molar-refractivity contribution in [2.45, 2.75) is 12.3 Å². The molecular formula is C13H14ClF3O5. The molecule has 0 aliphatic carbocycles. The lowest BCUT2D eigenvalue weighted by Crippen LogP contribution is -2.27. The zero-order chi connectivity index (χ0) is 16.8. The highest BCUT2D eigenvalue weighted by Crippen LogP contribution is 2.23. The van der Waals surface area contributed by atoms with Crippen LogP contribution in [0.25, 0.3) is 0 Å². The number of alkyl halides is 3. The van der Waals surface area contributed by atoms with Crippen LogP contribution in [0.1, 0.15) is 10.4 Å². The zero-order valence-electron chi connectivity index (χ0n) is 11.5. The van der Waals surface area contributed by atoms with E-state index in [9.17, 15) is 23.1 Å². The fourth-order valence-electron chi connectivity index (χ4n) is 1.41. The highest BCUT2D eigenvalue weighted by atomic mass is 35.5. The third kappa shape index (κ3) is 6.50. The number of rotatable bonds is 7. The predicted octanol–water partition coefficient (Wildman–Crippen LogP) is 2.45. The maximum Gasteiger partial charge on any atom is 0.411 e. The third-order valence-electron chi connectivity index (χ3n) is 2.36. The number of ether oxygens (including phenoxy) is 3. The number of halogens is 4. The van der Waals surface area contributed by atoms with Gasteiger partial charge in [-0.25, -0.2) is 4.79 Å². The number of hydrogen-bond donors (Lipinski definition) is 1. The fraction of sp³-hybridized carbons (Fsp3) is 0.462. The van der Waals surface area contributed by atoms with Crippen LogP contribution in [-0.4, -0.2) is 50.3 Å². The molecule has 0 saturated heterocycles. The molecule has 1 N–H and O–H groups in total. The molecule has 0 amide bonds. The minimum absolute atomic E-state index is 0.0900. The smallest absolute Gasteiger partial charge is 0.411 e. The highest BCUT2D eigenvalue weighted by molar-refractivity contribution is 6.33. The molecule has 0 bridgehead atoms. The van der Waals surface area contributed by atoms with E-state index < -0.39 is 31.5 Å². The van der Waals surface area contributed by atoms with Gasteiger partial charge >= 0.3 is 12.1 Å². The quantitative estimate of drug-likeness (QED) is 0.771. The molecule has 0 aromatic heterocycles. The molecule has 1 unspecified atom stereocenters. The number of aliphatic hydroxyl groups is 1. The largest absolute Gasteiger partial charge is 0.491 e. The summed E-state index contributed by atoms with van der Waals surface area (Å²) >= 11 is 5.86. The molecule has 1 aromatic carbocycles. The van der Waals surface area contributed by atoms with Crippen molar-refractivity contribution in [3.05, 3.63) is 28.8 Å². The molecule has 0 aliphatic rings. The van der Waals surface area contributed by atoms with Gasteiger partial charge in [-0.1, -0.05) is 11.6 Å². The van der Waals surface area contributed by atoms with E-state index in [1.54, 1.807) is 0 Å². The van der Waals surface area contributed by atoms with Gasteiger partial charge in [0.05, 0.1) is 24.3 Å². The van der Waals surface area contributed by atoms with E-state index >= 15 is 0 Å². The maximum absolute atomic E-state index is 11.8. The van der Waals surface area contributed by atoms with Gasteiger partial charge in [-0.15, -0.1) is 0 Å². The van der Waals surface area contributed by atoms with Crippen molar-refractivity contribution in [2.75, 3.05) is 26.9 Å². The molecule has 1 rings (SSSR count). The van der Waals surface area contributed by atoms with Gasteiger partial charge < -0.3 is 19.3 Å². The molecule has 5 nitrogen and oxygen atoms in total. The van der Waals surface area contributed by atoms with Gasteiger partial charge in [0.15, 0.2) is 0 Å². The summed E-state index contributed by atoms with van der Waals surface area (Å²) in [6.07, 6.45) is -5.68. The van der Waals surface area contributed by atoms with Crippen molar-refractivity contribution in [2.24, 2.45) is 0 Å². The first kappa shape index (κ1) is 18.5. The number of aliphatic hydroxyl groups excluding tert-OH is 1. The molecule has 0 spiro atoms. The lowest BCUT2D eigenvalue weighted by Gasteiger charge is -2.14. The molecule has 9 heteroatoms. The normalized spacial score (nSPS) is 12.8. The van der Waals surface area contributed by atoms with Crippen LogP contribution in [0.3, 0.4) is 0 Å². The second-order valence-corrected chi connectivity index (χ2v) is 4.64. The molecule has 0 fully saturated rings. The molecule has 1 atom stereocenters. The Labute approximate surface area is 129 Å². The Morgan fingerprint density at radius 1 is 1.36 bits per heavy atom. The Balaban J connectivity index is 2.44. The molecule has 124 valence electrons. The Kier molecular flexibility index (Phi) is 6.92. The predicted molar refractivity (Wildman–Crippen MR) is 71.2 cm³/mol. The summed E-state index contributed by atoms with van der Waals surface area (Å²) < 4.78 is 49.5. The van der Waals surface area contributed by atoms with Crippen molar-refractivity contribution in [1.82, 2.24) is 0 Å². The van der Waals surface area contributed by atoms with Gasteiger partial charge in [-0.3, -0.25) is 0 Å². The monoisotopic (exact) mass is 342 g/mol. The van der Waals surface area contributed by atoms with Gasteiger partial charge in [-0.2, -0.15) is 13.2 Å². The van der Waals surface area contributed by atoms with Crippen LogP contribution in [0.2, 0.25) is 5.02 Å². The van der Waals surface area contributed by atoms with E-state index in [4.69, 9.17) is 16.3 Å². The number of carbonyl (C=O) groups is 1. The van der Waals surface area contributed by atoms with E-state index in [1.807, 2.05) is 0 Å². The summed E-state index contributed by atoms with van der Waals surface area (Å²) in [5.41, 5.74) is 0.144. The third-order valence-corrected chi connectivity index (χ3v) is 2.68. The molecule has 0 saturated carbocycles. The summed E-state index contributed by atoms with van der Waals surface area (Å²) in [6.45, 7) is -2.25. The van der Waals surface area contributed by atoms with Crippen molar-refractivity contribution in [3.63, 3.8) is 0 Å². The minimum atomic E-state index is -4.45. The average Bonchev–Trinajstić information content (AvgIpc) is 2.43. The van der Waals surface area contributed by atoms with Crippen LogP contribution < -0.4 is 4.74 Å². The van der Waals surface area contributed by atoms with E-state index in [0.717, 1.165) is 0 Å². The Morgan fingerprint density at radius 2 is 2.05 bits per heavy atom. The van der Waals surface area contributed by atoms with Crippen LogP contribution >= 0.6 is 11.6 Å². The zero-order valence-corrected chi connectivity index (χ0v) is 12.3. The Hall–Kier alpha value is -1.51. The summed E-state index contributed by atoms with van der Waals surface area (Å²) in [6, 6.07) is 4.12. The summed E-state index contributed by atoms with van der Waals surface area (Å²) in [7, 11) is 1.21. The second kappa shape index (κ2) is 8.21. The van der Waals surface area contributed by atoms with E-state index in [0.29, 0.717) is 0 Å². The van der Waals surface area contributed by atoms with Gasteiger partial charge in [0.25, 0.3) is 0 Å². The van der Waals surface area contributed by atoms with Gasteiger partial charge in [0.2, 0.25) is 0 Å². The van der Waals surface area contributed by atoms with E-state index in [-0.39, 0.29) is 22.9 Å². The second-order valence-electron chi connectivity index (χ2n) is 4.23. The van der Waals surface area contributed by atoms with E-state index in [2.05, 4.69) is 9.47 Å². The lowest BCUT2D eigenvalue weighted by atomic mass is 10.2. The SMILES string of the molecule is COC(=O)c1ccc(OCC(O)COCC(F)(F)F)cc1Cl. The topological polar surface area (TPSA) is 65.0 Å². The average molecular weight is 343 g/mol. The lowest BCUT2D eigenvalue weighted by molar-refractivity contribution is -0.179. The van der Waals surface area contributed by atoms with Crippen molar-refractivity contribution in [1.29, 1.82) is 0 Å². The minimum Gasteiger partial charge on any atom is -0.491 e. The summed E-state index contributed by atoms with van der Waals surface area (Å²) in [5, 5.41) is 9.52. The summed E-state index contributed by atoms with van der Waals surface area (Å²) in [4.78, 5) is 11.3. The molecule has 22 heavy (non-hydrogen) atoms. The number of benzene rings is 1. The number of methoxy groups -OCH3 is 1. The van der Waals surface area contributed by atoms with Crippen LogP contribution in [0.5, 0.6) is 5.75 Å². The molecular weight excluding hydrogens is 329 g/mol. The Morgan fingerprint density at radius 3 is 2.59 bits per heavy atom. The van der Waals surface area contributed by atoms with Crippen LogP contribution in [0.4, 0.5) is 13.2 Å². The van der Waals surface area contributed by atoms with Gasteiger partial charge in [0, 0.05) is 0 Å². The van der Waals surface area contributed by atoms with Crippen molar-refractivity contribution >= 4 is 17.6 Å². The first-order chi connectivity index (χ1) is 10.2.